The lowest BCUT2D eigenvalue weighted by atomic mass is 10.1. The van der Waals surface area contributed by atoms with Crippen molar-refractivity contribution in [1.29, 1.82) is 0 Å². The molecule has 1 amide bonds. The molecule has 2 aromatic rings. The van der Waals surface area contributed by atoms with E-state index in [1.165, 1.54) is 27.7 Å². The Hall–Kier alpha value is -3.63. The SMILES string of the molecule is CCCCn1c(N)c(N(CCC(C)C)C(=O)CNc2ccccc2[N+](=O)[O-])c(=O)[nH]c1=O. The number of carbonyl (C=O) groups is 1. The number of benzene rings is 1. The highest BCUT2D eigenvalue weighted by molar-refractivity contribution is 5.98. The number of nitrogens with zero attached hydrogens (tertiary/aromatic N) is 3. The zero-order valence-electron chi connectivity index (χ0n) is 18.6. The van der Waals surface area contributed by atoms with Gasteiger partial charge in [-0.05, 0) is 24.8 Å². The number of aromatic amines is 1. The molecule has 1 heterocycles. The van der Waals surface area contributed by atoms with Gasteiger partial charge in [0.2, 0.25) is 5.91 Å². The zero-order chi connectivity index (χ0) is 23.8. The van der Waals surface area contributed by atoms with Crippen molar-refractivity contribution in [3.63, 3.8) is 0 Å². The fourth-order valence-electron chi connectivity index (χ4n) is 3.17. The number of anilines is 3. The predicted molar refractivity (Wildman–Crippen MR) is 124 cm³/mol. The molecule has 11 nitrogen and oxygen atoms in total. The van der Waals surface area contributed by atoms with Crippen molar-refractivity contribution in [2.75, 3.05) is 29.0 Å². The van der Waals surface area contributed by atoms with Crippen molar-refractivity contribution in [1.82, 2.24) is 9.55 Å². The molecule has 0 aliphatic rings. The van der Waals surface area contributed by atoms with Gasteiger partial charge in [0.05, 0.1) is 11.5 Å². The Balaban J connectivity index is 2.40. The highest BCUT2D eigenvalue weighted by atomic mass is 16.6. The van der Waals surface area contributed by atoms with Crippen molar-refractivity contribution in [3.05, 3.63) is 55.2 Å². The highest BCUT2D eigenvalue weighted by Gasteiger charge is 2.25. The summed E-state index contributed by atoms with van der Waals surface area (Å²) in [6, 6.07) is 5.97. The van der Waals surface area contributed by atoms with Crippen LogP contribution in [0, 0.1) is 16.0 Å². The molecule has 0 saturated heterocycles. The third kappa shape index (κ3) is 5.96. The van der Waals surface area contributed by atoms with E-state index in [2.05, 4.69) is 10.3 Å². The summed E-state index contributed by atoms with van der Waals surface area (Å²) in [7, 11) is 0. The largest absolute Gasteiger partial charge is 0.383 e. The molecule has 174 valence electrons. The number of nitrogens with one attached hydrogen (secondary N) is 2. The van der Waals surface area contributed by atoms with Gasteiger partial charge in [-0.2, -0.15) is 0 Å². The maximum atomic E-state index is 13.1. The van der Waals surface area contributed by atoms with Gasteiger partial charge in [0.25, 0.3) is 11.2 Å². The fraction of sp³-hybridized carbons (Fsp3) is 0.476. The van der Waals surface area contributed by atoms with Crippen molar-refractivity contribution >= 4 is 28.8 Å². The molecule has 11 heteroatoms. The Labute approximate surface area is 185 Å². The number of amides is 1. The van der Waals surface area contributed by atoms with Crippen LogP contribution in [0.1, 0.15) is 40.0 Å². The van der Waals surface area contributed by atoms with Crippen LogP contribution in [0.2, 0.25) is 0 Å². The van der Waals surface area contributed by atoms with Crippen LogP contribution in [-0.2, 0) is 11.3 Å². The van der Waals surface area contributed by atoms with Gasteiger partial charge in [0, 0.05) is 19.2 Å². The minimum Gasteiger partial charge on any atom is -0.383 e. The first-order chi connectivity index (χ1) is 15.2. The van der Waals surface area contributed by atoms with Crippen molar-refractivity contribution < 1.29 is 9.72 Å². The molecule has 0 aliphatic heterocycles. The molecule has 2 rings (SSSR count). The Kier molecular flexibility index (Phi) is 8.56. The number of nitrogen functional groups attached to an aromatic ring is 1. The molecular formula is C21H30N6O5. The minimum absolute atomic E-state index is 0.0741. The number of rotatable bonds is 11. The van der Waals surface area contributed by atoms with Crippen LogP contribution < -0.4 is 27.2 Å². The lowest BCUT2D eigenvalue weighted by molar-refractivity contribution is -0.383. The zero-order valence-corrected chi connectivity index (χ0v) is 18.6. The van der Waals surface area contributed by atoms with Gasteiger partial charge in [-0.1, -0.05) is 39.3 Å². The third-order valence-electron chi connectivity index (χ3n) is 4.98. The molecule has 0 bridgehead atoms. The van der Waals surface area contributed by atoms with E-state index in [0.29, 0.717) is 19.4 Å². The van der Waals surface area contributed by atoms with Gasteiger partial charge in [0.1, 0.15) is 11.5 Å². The van der Waals surface area contributed by atoms with E-state index in [4.69, 9.17) is 5.73 Å². The van der Waals surface area contributed by atoms with Crippen molar-refractivity contribution in [2.24, 2.45) is 5.92 Å². The van der Waals surface area contributed by atoms with Crippen LogP contribution in [0.4, 0.5) is 22.9 Å². The van der Waals surface area contributed by atoms with Gasteiger partial charge in [-0.15, -0.1) is 0 Å². The van der Waals surface area contributed by atoms with Crippen LogP contribution >= 0.6 is 0 Å². The van der Waals surface area contributed by atoms with Gasteiger partial charge < -0.3 is 16.0 Å². The van der Waals surface area contributed by atoms with E-state index in [-0.39, 0.29) is 41.9 Å². The lowest BCUT2D eigenvalue weighted by Gasteiger charge is -2.25. The number of H-pyrrole nitrogens is 1. The van der Waals surface area contributed by atoms with Crippen molar-refractivity contribution in [2.45, 2.75) is 46.6 Å². The second-order valence-electron chi connectivity index (χ2n) is 7.85. The molecule has 0 saturated carbocycles. The first kappa shape index (κ1) is 24.6. The second-order valence-corrected chi connectivity index (χ2v) is 7.85. The highest BCUT2D eigenvalue weighted by Crippen LogP contribution is 2.24. The van der Waals surface area contributed by atoms with Crippen LogP contribution in [0.5, 0.6) is 0 Å². The fourth-order valence-corrected chi connectivity index (χ4v) is 3.17. The molecule has 0 aliphatic carbocycles. The Morgan fingerprint density at radius 1 is 1.31 bits per heavy atom. The molecule has 0 spiro atoms. The monoisotopic (exact) mass is 446 g/mol. The number of hydrogen-bond donors (Lipinski definition) is 3. The molecule has 1 aromatic heterocycles. The summed E-state index contributed by atoms with van der Waals surface area (Å²) < 4.78 is 1.26. The van der Waals surface area contributed by atoms with Gasteiger partial charge in [-0.25, -0.2) is 4.79 Å². The maximum Gasteiger partial charge on any atom is 0.330 e. The summed E-state index contributed by atoms with van der Waals surface area (Å²) in [6.45, 7) is 6.13. The van der Waals surface area contributed by atoms with Gasteiger partial charge in [-0.3, -0.25) is 29.3 Å². The number of hydrogen-bond acceptors (Lipinski definition) is 7. The summed E-state index contributed by atoms with van der Waals surface area (Å²) >= 11 is 0. The quantitative estimate of drug-likeness (QED) is 0.353. The first-order valence-electron chi connectivity index (χ1n) is 10.6. The molecule has 4 N–H and O–H groups in total. The minimum atomic E-state index is -0.747. The number of para-hydroxylation sites is 2. The van der Waals surface area contributed by atoms with E-state index in [1.807, 2.05) is 20.8 Å². The first-order valence-corrected chi connectivity index (χ1v) is 10.6. The maximum absolute atomic E-state index is 13.1. The summed E-state index contributed by atoms with van der Waals surface area (Å²) in [5.74, 6) is -0.337. The Bertz CT molecular complexity index is 1080. The number of unbranched alkanes of at least 4 members (excludes halogenated alkanes) is 1. The number of nitrogens with two attached hydrogens (primary N) is 1. The van der Waals surface area contributed by atoms with Crippen molar-refractivity contribution in [3.8, 4) is 0 Å². The molecule has 0 radical (unpaired) electrons. The summed E-state index contributed by atoms with van der Waals surface area (Å²) in [4.78, 5) is 52.2. The number of nitro benzene ring substituents is 1. The third-order valence-corrected chi connectivity index (χ3v) is 4.98. The van der Waals surface area contributed by atoms with E-state index in [0.717, 1.165) is 6.42 Å². The smallest absolute Gasteiger partial charge is 0.330 e. The number of carbonyl (C=O) groups excluding carboxylic acids is 1. The molecule has 32 heavy (non-hydrogen) atoms. The molecular weight excluding hydrogens is 416 g/mol. The average Bonchev–Trinajstić information content (AvgIpc) is 2.73. The van der Waals surface area contributed by atoms with Gasteiger partial charge >= 0.3 is 5.69 Å². The normalized spacial score (nSPS) is 10.9. The van der Waals surface area contributed by atoms with E-state index < -0.39 is 22.1 Å². The van der Waals surface area contributed by atoms with E-state index in [1.54, 1.807) is 6.07 Å². The lowest BCUT2D eigenvalue weighted by Crippen LogP contribution is -2.44. The molecule has 0 atom stereocenters. The molecule has 0 unspecified atom stereocenters. The van der Waals surface area contributed by atoms with Crippen LogP contribution in [0.15, 0.2) is 33.9 Å². The van der Waals surface area contributed by atoms with E-state index in [9.17, 15) is 24.5 Å². The number of nitro groups is 1. The second kappa shape index (κ2) is 11.1. The summed E-state index contributed by atoms with van der Waals surface area (Å²) in [6.07, 6.45) is 2.08. The standard InChI is InChI=1S/C21H30N6O5/c1-4-5-11-26-19(22)18(20(29)24-21(26)30)25(12-10-14(2)3)17(28)13-23-15-8-6-7-9-16(15)27(31)32/h6-9,14,23H,4-5,10-13,22H2,1-3H3,(H,24,29,30). The summed E-state index contributed by atoms with van der Waals surface area (Å²) in [5, 5.41) is 14.0. The van der Waals surface area contributed by atoms with Crippen LogP contribution in [0.25, 0.3) is 0 Å². The molecule has 1 aromatic carbocycles. The Morgan fingerprint density at radius 3 is 2.62 bits per heavy atom. The summed E-state index contributed by atoms with van der Waals surface area (Å²) in [5.41, 5.74) is 4.74. The van der Waals surface area contributed by atoms with Crippen LogP contribution in [0.3, 0.4) is 0 Å². The van der Waals surface area contributed by atoms with E-state index >= 15 is 0 Å². The van der Waals surface area contributed by atoms with Crippen LogP contribution in [-0.4, -0.2) is 33.5 Å². The predicted octanol–water partition coefficient (Wildman–Crippen LogP) is 2.32. The molecule has 0 fully saturated rings. The number of aromatic nitrogens is 2. The topological polar surface area (TPSA) is 156 Å². The Morgan fingerprint density at radius 2 is 2.00 bits per heavy atom. The van der Waals surface area contributed by atoms with Gasteiger partial charge in [0.15, 0.2) is 5.69 Å². The average molecular weight is 447 g/mol.